The molecule has 0 fully saturated rings. The number of anilines is 2. The van der Waals surface area contributed by atoms with Gasteiger partial charge in [-0.05, 0) is 73.7 Å². The van der Waals surface area contributed by atoms with Crippen molar-refractivity contribution in [2.24, 2.45) is 0 Å². The average molecular weight is 529 g/mol. The number of para-hydroxylation sites is 3. The second-order valence-corrected chi connectivity index (χ2v) is 8.69. The molecular weight excluding hydrogens is 510 g/mol. The van der Waals surface area contributed by atoms with Gasteiger partial charge in [-0.25, -0.2) is 0 Å². The molecule has 0 saturated heterocycles. The van der Waals surface area contributed by atoms with Crippen molar-refractivity contribution in [2.75, 3.05) is 11.4 Å². The Morgan fingerprint density at radius 3 is 2.03 bits per heavy atom. The SMILES string of the molecule is O=CCCCN1c2ccccc2C(C(=O)Oc2c(Br)cccc2Br)c2ccccc21. The van der Waals surface area contributed by atoms with E-state index in [1.165, 1.54) is 0 Å². The van der Waals surface area contributed by atoms with Crippen molar-refractivity contribution >= 4 is 55.5 Å². The van der Waals surface area contributed by atoms with Gasteiger partial charge >= 0.3 is 5.97 Å². The Balaban J connectivity index is 1.77. The Hall–Kier alpha value is -2.44. The summed E-state index contributed by atoms with van der Waals surface area (Å²) < 4.78 is 7.28. The third-order valence-electron chi connectivity index (χ3n) is 5.14. The van der Waals surface area contributed by atoms with E-state index in [2.05, 4.69) is 36.8 Å². The second-order valence-electron chi connectivity index (χ2n) is 6.98. The van der Waals surface area contributed by atoms with Gasteiger partial charge in [0.15, 0.2) is 5.75 Å². The van der Waals surface area contributed by atoms with E-state index in [1.807, 2.05) is 66.7 Å². The number of benzene rings is 3. The summed E-state index contributed by atoms with van der Waals surface area (Å²) in [5.74, 6) is -0.417. The van der Waals surface area contributed by atoms with E-state index in [9.17, 15) is 9.59 Å². The summed E-state index contributed by atoms with van der Waals surface area (Å²) in [6.07, 6.45) is 2.19. The number of hydrogen-bond acceptors (Lipinski definition) is 4. The fourth-order valence-electron chi connectivity index (χ4n) is 3.82. The van der Waals surface area contributed by atoms with Crippen molar-refractivity contribution in [3.8, 4) is 5.75 Å². The molecule has 1 aliphatic rings. The zero-order valence-electron chi connectivity index (χ0n) is 16.1. The van der Waals surface area contributed by atoms with Gasteiger partial charge in [0, 0.05) is 24.3 Å². The molecular formula is C24H19Br2NO3. The monoisotopic (exact) mass is 527 g/mol. The quantitative estimate of drug-likeness (QED) is 0.161. The summed E-state index contributed by atoms with van der Waals surface area (Å²) in [7, 11) is 0. The van der Waals surface area contributed by atoms with Crippen LogP contribution >= 0.6 is 31.9 Å². The minimum absolute atomic E-state index is 0.338. The van der Waals surface area contributed by atoms with Crippen LogP contribution in [0.15, 0.2) is 75.7 Å². The predicted octanol–water partition coefficient (Wildman–Crippen LogP) is 6.38. The first kappa shape index (κ1) is 20.8. The minimum Gasteiger partial charge on any atom is -0.423 e. The highest BCUT2D eigenvalue weighted by molar-refractivity contribution is 9.11. The number of nitrogens with zero attached hydrogens (tertiary/aromatic N) is 1. The first-order chi connectivity index (χ1) is 14.6. The number of rotatable bonds is 6. The molecule has 1 aliphatic heterocycles. The van der Waals surface area contributed by atoms with Crippen molar-refractivity contribution < 1.29 is 14.3 Å². The molecule has 6 heteroatoms. The lowest BCUT2D eigenvalue weighted by Crippen LogP contribution is -2.31. The smallest absolute Gasteiger partial charge is 0.323 e. The van der Waals surface area contributed by atoms with Crippen molar-refractivity contribution in [1.82, 2.24) is 0 Å². The van der Waals surface area contributed by atoms with Crippen LogP contribution < -0.4 is 9.64 Å². The van der Waals surface area contributed by atoms with Gasteiger partial charge in [0.05, 0.1) is 8.95 Å². The molecule has 0 saturated carbocycles. The molecule has 1 heterocycles. The number of aldehydes is 1. The van der Waals surface area contributed by atoms with Crippen molar-refractivity contribution in [3.63, 3.8) is 0 Å². The van der Waals surface area contributed by atoms with Gasteiger partial charge < -0.3 is 14.4 Å². The van der Waals surface area contributed by atoms with Crippen LogP contribution in [0.5, 0.6) is 5.75 Å². The number of esters is 1. The van der Waals surface area contributed by atoms with Gasteiger partial charge in [-0.3, -0.25) is 4.79 Å². The summed E-state index contributed by atoms with van der Waals surface area (Å²) in [4.78, 5) is 26.4. The average Bonchev–Trinajstić information content (AvgIpc) is 2.76. The number of carbonyl (C=O) groups is 2. The molecule has 3 aromatic rings. The van der Waals surface area contributed by atoms with E-state index in [1.54, 1.807) is 0 Å². The summed E-state index contributed by atoms with van der Waals surface area (Å²) in [6, 6.07) is 21.3. The molecule has 0 bridgehead atoms. The van der Waals surface area contributed by atoms with Crippen LogP contribution in [0.25, 0.3) is 0 Å². The van der Waals surface area contributed by atoms with Gasteiger partial charge in [0.2, 0.25) is 0 Å². The molecule has 152 valence electrons. The lowest BCUT2D eigenvalue weighted by molar-refractivity contribution is -0.135. The van der Waals surface area contributed by atoms with Crippen LogP contribution in [-0.4, -0.2) is 18.8 Å². The maximum absolute atomic E-state index is 13.4. The highest BCUT2D eigenvalue weighted by Crippen LogP contribution is 2.46. The third kappa shape index (κ3) is 3.94. The zero-order chi connectivity index (χ0) is 21.1. The third-order valence-corrected chi connectivity index (χ3v) is 6.39. The van der Waals surface area contributed by atoms with Crippen LogP contribution in [0, 0.1) is 0 Å². The number of halogens is 2. The number of fused-ring (bicyclic) bond motifs is 2. The minimum atomic E-state index is -0.543. The van der Waals surface area contributed by atoms with E-state index in [-0.39, 0.29) is 5.97 Å². The molecule has 0 aromatic heterocycles. The Kier molecular flexibility index (Phi) is 6.35. The molecule has 4 rings (SSSR count). The fourth-order valence-corrected chi connectivity index (χ4v) is 4.98. The Morgan fingerprint density at radius 1 is 0.900 bits per heavy atom. The summed E-state index contributed by atoms with van der Waals surface area (Å²) in [5, 5.41) is 0. The Bertz CT molecular complexity index is 1030. The van der Waals surface area contributed by atoms with E-state index in [4.69, 9.17) is 4.74 Å². The Labute approximate surface area is 192 Å². The summed E-state index contributed by atoms with van der Waals surface area (Å²) in [5.41, 5.74) is 3.73. The second kappa shape index (κ2) is 9.14. The number of ether oxygens (including phenoxy) is 1. The normalized spacial score (nSPS) is 12.8. The van der Waals surface area contributed by atoms with Gasteiger partial charge in [-0.2, -0.15) is 0 Å². The lowest BCUT2D eigenvalue weighted by Gasteiger charge is -2.36. The van der Waals surface area contributed by atoms with Crippen molar-refractivity contribution in [1.29, 1.82) is 0 Å². The molecule has 0 N–H and O–H groups in total. The largest absolute Gasteiger partial charge is 0.423 e. The van der Waals surface area contributed by atoms with E-state index < -0.39 is 5.92 Å². The molecule has 0 unspecified atom stereocenters. The molecule has 4 nitrogen and oxygen atoms in total. The number of carbonyl (C=O) groups excluding carboxylic acids is 2. The van der Waals surface area contributed by atoms with Crippen LogP contribution in [-0.2, 0) is 9.59 Å². The summed E-state index contributed by atoms with van der Waals surface area (Å²) >= 11 is 6.93. The number of hydrogen-bond donors (Lipinski definition) is 0. The van der Waals surface area contributed by atoms with Gasteiger partial charge in [-0.15, -0.1) is 0 Å². The highest BCUT2D eigenvalue weighted by atomic mass is 79.9. The first-order valence-corrected chi connectivity index (χ1v) is 11.2. The zero-order valence-corrected chi connectivity index (χ0v) is 19.2. The van der Waals surface area contributed by atoms with Crippen LogP contribution in [0.3, 0.4) is 0 Å². The predicted molar refractivity (Wildman–Crippen MR) is 125 cm³/mol. The van der Waals surface area contributed by atoms with Gasteiger partial charge in [-0.1, -0.05) is 42.5 Å². The van der Waals surface area contributed by atoms with Crippen molar-refractivity contribution in [3.05, 3.63) is 86.8 Å². The molecule has 0 aliphatic carbocycles. The molecule has 30 heavy (non-hydrogen) atoms. The molecule has 0 atom stereocenters. The van der Waals surface area contributed by atoms with Crippen LogP contribution in [0.4, 0.5) is 11.4 Å². The molecule has 0 amide bonds. The topological polar surface area (TPSA) is 46.6 Å². The van der Waals surface area contributed by atoms with Crippen LogP contribution in [0.1, 0.15) is 29.9 Å². The van der Waals surface area contributed by atoms with E-state index in [0.717, 1.165) is 35.2 Å². The standard InChI is InChI=1S/C24H19Br2NO3/c25-18-10-7-11-19(26)23(18)30-24(29)22-16-8-1-3-12-20(16)27(14-5-6-15-28)21-13-4-2-9-17(21)22/h1-4,7-13,15,22H,5-6,14H2. The summed E-state index contributed by atoms with van der Waals surface area (Å²) in [6.45, 7) is 0.699. The maximum atomic E-state index is 13.4. The van der Waals surface area contributed by atoms with Crippen LogP contribution in [0.2, 0.25) is 0 Å². The maximum Gasteiger partial charge on any atom is 0.323 e. The molecule has 3 aromatic carbocycles. The highest BCUT2D eigenvalue weighted by Gasteiger charge is 2.36. The molecule has 0 radical (unpaired) electrons. The lowest BCUT2D eigenvalue weighted by atomic mass is 9.84. The first-order valence-electron chi connectivity index (χ1n) is 9.66. The van der Waals surface area contributed by atoms with E-state index in [0.29, 0.717) is 27.7 Å². The molecule has 0 spiro atoms. The Morgan fingerprint density at radius 2 is 1.47 bits per heavy atom. The fraction of sp³-hybridized carbons (Fsp3) is 0.167. The van der Waals surface area contributed by atoms with Gasteiger partial charge in [0.1, 0.15) is 12.2 Å². The van der Waals surface area contributed by atoms with Crippen molar-refractivity contribution in [2.45, 2.75) is 18.8 Å². The van der Waals surface area contributed by atoms with Gasteiger partial charge in [0.25, 0.3) is 0 Å². The number of unbranched alkanes of at least 4 members (excludes halogenated alkanes) is 1. The van der Waals surface area contributed by atoms with E-state index >= 15 is 0 Å².